The first kappa shape index (κ1) is 33.4. The van der Waals surface area contributed by atoms with Gasteiger partial charge < -0.3 is 0 Å². The lowest BCUT2D eigenvalue weighted by Gasteiger charge is -2.10. The van der Waals surface area contributed by atoms with E-state index < -0.39 is 0 Å². The van der Waals surface area contributed by atoms with E-state index in [9.17, 15) is 0 Å². The van der Waals surface area contributed by atoms with E-state index in [1.807, 2.05) is 60.8 Å². The molecule has 0 bridgehead atoms. The summed E-state index contributed by atoms with van der Waals surface area (Å²) in [5.41, 5.74) is 14.4. The summed E-state index contributed by atoms with van der Waals surface area (Å²) in [6.45, 7) is 0. The van der Waals surface area contributed by atoms with Crippen LogP contribution in [0.3, 0.4) is 0 Å². The highest BCUT2D eigenvalue weighted by atomic mass is 14.9. The van der Waals surface area contributed by atoms with Crippen LogP contribution in [0.4, 0.5) is 0 Å². The normalized spacial score (nSPS) is 11.4. The van der Waals surface area contributed by atoms with Crippen LogP contribution in [0.5, 0.6) is 0 Å². The molecule has 5 aromatic heterocycles. The van der Waals surface area contributed by atoms with Crippen LogP contribution in [0.2, 0.25) is 0 Å². The molecule has 0 atom stereocenters. The maximum Gasteiger partial charge on any atom is 0.179 e. The largest absolute Gasteiger partial charge is 0.254 e. The van der Waals surface area contributed by atoms with Crippen molar-refractivity contribution in [1.29, 1.82) is 0 Å². The van der Waals surface area contributed by atoms with Gasteiger partial charge in [-0.05, 0) is 65.7 Å². The van der Waals surface area contributed by atoms with E-state index in [0.717, 1.165) is 105 Å². The van der Waals surface area contributed by atoms with Crippen LogP contribution in [-0.2, 0) is 0 Å². The average molecular weight is 741 g/mol. The molecule has 270 valence electrons. The molecule has 0 amide bonds. The maximum atomic E-state index is 5.05. The van der Waals surface area contributed by atoms with Crippen molar-refractivity contribution < 1.29 is 0 Å². The van der Waals surface area contributed by atoms with Crippen molar-refractivity contribution in [3.8, 4) is 67.7 Å². The zero-order chi connectivity index (χ0) is 38.4. The third-order valence-corrected chi connectivity index (χ3v) is 10.7. The fourth-order valence-electron chi connectivity index (χ4n) is 7.67. The van der Waals surface area contributed by atoms with Crippen molar-refractivity contribution in [2.24, 2.45) is 0 Å². The van der Waals surface area contributed by atoms with Gasteiger partial charge in [-0.2, -0.15) is 0 Å². The Hall–Kier alpha value is -7.96. The van der Waals surface area contributed by atoms with Crippen molar-refractivity contribution in [2.75, 3.05) is 0 Å². The zero-order valence-corrected chi connectivity index (χ0v) is 31.2. The summed E-state index contributed by atoms with van der Waals surface area (Å²) in [7, 11) is 0. The Morgan fingerprint density at radius 2 is 0.724 bits per heavy atom. The van der Waals surface area contributed by atoms with Crippen LogP contribution >= 0.6 is 0 Å². The van der Waals surface area contributed by atoms with Crippen LogP contribution < -0.4 is 0 Å². The van der Waals surface area contributed by atoms with Gasteiger partial charge in [0.15, 0.2) is 5.82 Å². The molecule has 11 rings (SSSR count). The average Bonchev–Trinajstić information content (AvgIpc) is 3.31. The molecule has 5 heterocycles. The summed E-state index contributed by atoms with van der Waals surface area (Å²) in [5.74, 6) is 0.594. The number of hydrogen-bond acceptors (Lipinski definition) is 6. The van der Waals surface area contributed by atoms with Gasteiger partial charge in [0, 0.05) is 50.0 Å². The molecule has 0 saturated carbocycles. The van der Waals surface area contributed by atoms with Gasteiger partial charge in [0.1, 0.15) is 5.69 Å². The predicted octanol–water partition coefficient (Wildman–Crippen LogP) is 12.7. The molecular weight excluding hydrogens is 709 g/mol. The van der Waals surface area contributed by atoms with E-state index in [2.05, 4.69) is 138 Å². The van der Waals surface area contributed by atoms with Gasteiger partial charge >= 0.3 is 0 Å². The molecule has 0 aliphatic rings. The van der Waals surface area contributed by atoms with Crippen molar-refractivity contribution in [3.05, 3.63) is 194 Å². The lowest BCUT2D eigenvalue weighted by atomic mass is 10.0. The van der Waals surface area contributed by atoms with Gasteiger partial charge in [-0.1, -0.05) is 133 Å². The summed E-state index contributed by atoms with van der Waals surface area (Å²) in [6, 6.07) is 64.6. The second-order valence-electron chi connectivity index (χ2n) is 14.4. The molecule has 0 radical (unpaired) electrons. The van der Waals surface area contributed by atoms with Gasteiger partial charge in [-0.15, -0.1) is 0 Å². The summed E-state index contributed by atoms with van der Waals surface area (Å²) in [6.07, 6.45) is 1.82. The summed E-state index contributed by atoms with van der Waals surface area (Å²) >= 11 is 0. The first-order valence-corrected chi connectivity index (χ1v) is 19.3. The predicted molar refractivity (Wildman–Crippen MR) is 236 cm³/mol. The molecule has 0 spiro atoms. The zero-order valence-electron chi connectivity index (χ0n) is 31.2. The minimum atomic E-state index is 0.594. The number of pyridine rings is 4. The minimum Gasteiger partial charge on any atom is -0.254 e. The number of nitrogens with zero attached hydrogens (tertiary/aromatic N) is 6. The molecule has 6 nitrogen and oxygen atoms in total. The van der Waals surface area contributed by atoms with Crippen LogP contribution in [0.25, 0.3) is 111 Å². The Bertz CT molecular complexity index is 3270. The molecule has 0 aliphatic carbocycles. The number of benzene rings is 6. The Balaban J connectivity index is 0.865. The van der Waals surface area contributed by atoms with Crippen LogP contribution in [0.1, 0.15) is 0 Å². The van der Waals surface area contributed by atoms with E-state index in [1.54, 1.807) is 0 Å². The SMILES string of the molecule is c1ccc(-c2cc(-c3ccccc3)nc(-c3ccc4cc(-c5ccc6nc(-c7ccc(-c8ccc9ccc%10cccnc%10c9n8)cc7)ccc6c5)ccc4n3)n2)cc1. The standard InChI is InChI=1S/C52H32N6/c1-3-8-33(9-4-1)48-32-49(34-10-5-2-6-11-34)58-52(57-48)47-28-23-42-31-40(21-26-46(42)55-47)39-20-25-45-41(30-39)22-27-43(54-45)35-13-15-36(16-14-35)44-24-19-38-18-17-37-12-7-29-53-50(37)51(38)56-44/h1-32H. The van der Waals surface area contributed by atoms with Crippen molar-refractivity contribution in [1.82, 2.24) is 29.9 Å². The molecule has 0 unspecified atom stereocenters. The first-order valence-electron chi connectivity index (χ1n) is 19.3. The molecule has 58 heavy (non-hydrogen) atoms. The topological polar surface area (TPSA) is 77.3 Å². The molecular formula is C52H32N6. The first-order chi connectivity index (χ1) is 28.7. The molecule has 0 saturated heterocycles. The Morgan fingerprint density at radius 1 is 0.259 bits per heavy atom. The third-order valence-electron chi connectivity index (χ3n) is 10.7. The van der Waals surface area contributed by atoms with Crippen LogP contribution in [0.15, 0.2) is 194 Å². The van der Waals surface area contributed by atoms with Crippen molar-refractivity contribution in [3.63, 3.8) is 0 Å². The summed E-state index contributed by atoms with van der Waals surface area (Å²) < 4.78 is 0. The number of fused-ring (bicyclic) bond motifs is 5. The fourth-order valence-corrected chi connectivity index (χ4v) is 7.67. The van der Waals surface area contributed by atoms with Crippen molar-refractivity contribution >= 4 is 43.6 Å². The van der Waals surface area contributed by atoms with Crippen molar-refractivity contribution in [2.45, 2.75) is 0 Å². The van der Waals surface area contributed by atoms with Crippen LogP contribution in [-0.4, -0.2) is 29.9 Å². The van der Waals surface area contributed by atoms with E-state index in [0.29, 0.717) is 5.82 Å². The molecule has 0 fully saturated rings. The monoisotopic (exact) mass is 740 g/mol. The Kier molecular flexibility index (Phi) is 8.04. The number of aromatic nitrogens is 6. The molecule has 0 N–H and O–H groups in total. The third kappa shape index (κ3) is 6.19. The molecule has 0 aliphatic heterocycles. The van der Waals surface area contributed by atoms with E-state index in [4.69, 9.17) is 24.9 Å². The minimum absolute atomic E-state index is 0.594. The quantitative estimate of drug-likeness (QED) is 0.158. The molecule has 6 heteroatoms. The van der Waals surface area contributed by atoms with Gasteiger partial charge in [-0.3, -0.25) is 4.98 Å². The Morgan fingerprint density at radius 3 is 1.33 bits per heavy atom. The van der Waals surface area contributed by atoms with Gasteiger partial charge in [-0.25, -0.2) is 24.9 Å². The van der Waals surface area contributed by atoms with E-state index >= 15 is 0 Å². The lowest BCUT2D eigenvalue weighted by molar-refractivity contribution is 1.16. The van der Waals surface area contributed by atoms with Gasteiger partial charge in [0.25, 0.3) is 0 Å². The highest BCUT2D eigenvalue weighted by Crippen LogP contribution is 2.32. The lowest BCUT2D eigenvalue weighted by Crippen LogP contribution is -1.97. The van der Waals surface area contributed by atoms with E-state index in [1.165, 1.54) is 0 Å². The molecule has 11 aromatic rings. The summed E-state index contributed by atoms with van der Waals surface area (Å²) in [4.78, 5) is 29.7. The highest BCUT2D eigenvalue weighted by Gasteiger charge is 2.13. The fraction of sp³-hybridized carbons (Fsp3) is 0. The second-order valence-corrected chi connectivity index (χ2v) is 14.4. The van der Waals surface area contributed by atoms with Crippen LogP contribution in [0, 0.1) is 0 Å². The Labute approximate surface area is 334 Å². The molecule has 6 aromatic carbocycles. The van der Waals surface area contributed by atoms with Gasteiger partial charge in [0.2, 0.25) is 0 Å². The highest BCUT2D eigenvalue weighted by molar-refractivity contribution is 6.03. The number of rotatable bonds is 6. The van der Waals surface area contributed by atoms with E-state index in [-0.39, 0.29) is 0 Å². The second kappa shape index (κ2) is 14.0. The smallest absolute Gasteiger partial charge is 0.179 e. The maximum absolute atomic E-state index is 5.05. The number of hydrogen-bond donors (Lipinski definition) is 0. The summed E-state index contributed by atoms with van der Waals surface area (Å²) in [5, 5.41) is 4.29. The van der Waals surface area contributed by atoms with Gasteiger partial charge in [0.05, 0.1) is 44.8 Å².